The first-order valence-corrected chi connectivity index (χ1v) is 3.43. The average Bonchev–Trinajstić information content (AvgIpc) is 1.85. The molecule has 0 spiro atoms. The van der Waals surface area contributed by atoms with Gasteiger partial charge in [-0.1, -0.05) is 6.08 Å². The van der Waals surface area contributed by atoms with Crippen molar-refractivity contribution in [2.24, 2.45) is 0 Å². The largest absolute Gasteiger partial charge is 0.477 e. The smallest absolute Gasteiger partial charge is 0.351 e. The van der Waals surface area contributed by atoms with Crippen molar-refractivity contribution >= 4 is 5.97 Å². The summed E-state index contributed by atoms with van der Waals surface area (Å²) in [5, 5.41) is 8.56. The Kier molecular flexibility index (Phi) is 2.12. The molecule has 1 N–H and O–H groups in total. The Bertz CT molecular complexity index is 197. The predicted octanol–water partition coefficient (Wildman–Crippen LogP) is 0.628. The van der Waals surface area contributed by atoms with Gasteiger partial charge in [-0.15, -0.1) is 0 Å². The summed E-state index contributed by atoms with van der Waals surface area (Å²) in [4.78, 5) is 11.9. The number of allylic oxidation sites excluding steroid dienone is 1. The van der Waals surface area contributed by atoms with Gasteiger partial charge in [0.1, 0.15) is 11.9 Å². The van der Waals surface area contributed by atoms with Crippen LogP contribution in [-0.4, -0.2) is 35.2 Å². The Morgan fingerprint density at radius 3 is 2.55 bits per heavy atom. The van der Waals surface area contributed by atoms with Crippen LogP contribution in [0.3, 0.4) is 0 Å². The van der Waals surface area contributed by atoms with Crippen LogP contribution >= 0.6 is 0 Å². The molecule has 0 aromatic carbocycles. The third-order valence-electron chi connectivity index (χ3n) is 1.67. The van der Waals surface area contributed by atoms with Crippen molar-refractivity contribution in [3.05, 3.63) is 11.8 Å². The highest BCUT2D eigenvalue weighted by atomic mass is 19.1. The molecule has 0 unspecified atom stereocenters. The zero-order valence-corrected chi connectivity index (χ0v) is 6.25. The number of aliphatic carboxylic acids is 1. The van der Waals surface area contributed by atoms with E-state index in [4.69, 9.17) is 5.11 Å². The molecule has 0 bridgehead atoms. The summed E-state index contributed by atoms with van der Waals surface area (Å²) in [7, 11) is 0. The summed E-state index contributed by atoms with van der Waals surface area (Å²) < 4.78 is 12.3. The molecule has 1 fully saturated rings. The van der Waals surface area contributed by atoms with Crippen molar-refractivity contribution in [1.29, 1.82) is 0 Å². The first kappa shape index (κ1) is 8.04. The Balaban J connectivity index is 2.53. The minimum absolute atomic E-state index is 0.193. The van der Waals surface area contributed by atoms with E-state index in [1.54, 1.807) is 6.92 Å². The van der Waals surface area contributed by atoms with Crippen molar-refractivity contribution in [2.45, 2.75) is 13.1 Å². The van der Waals surface area contributed by atoms with Crippen LogP contribution in [0, 0.1) is 0 Å². The topological polar surface area (TPSA) is 40.5 Å². The summed E-state index contributed by atoms with van der Waals surface area (Å²) in [6, 6.07) is 0. The number of hydrogen-bond donors (Lipinski definition) is 1. The van der Waals surface area contributed by atoms with E-state index in [0.717, 1.165) is 0 Å². The van der Waals surface area contributed by atoms with Gasteiger partial charge in [0, 0.05) is 0 Å². The lowest BCUT2D eigenvalue weighted by Crippen LogP contribution is -2.48. The molecule has 1 heterocycles. The zero-order chi connectivity index (χ0) is 8.43. The van der Waals surface area contributed by atoms with E-state index < -0.39 is 12.1 Å². The monoisotopic (exact) mass is 159 g/mol. The van der Waals surface area contributed by atoms with E-state index in [-0.39, 0.29) is 18.8 Å². The second kappa shape index (κ2) is 2.90. The molecule has 0 saturated carbocycles. The van der Waals surface area contributed by atoms with E-state index in [9.17, 15) is 9.18 Å². The summed E-state index contributed by atoms with van der Waals surface area (Å²) >= 11 is 0. The average molecular weight is 159 g/mol. The summed E-state index contributed by atoms with van der Waals surface area (Å²) in [5.41, 5.74) is 0.193. The van der Waals surface area contributed by atoms with Gasteiger partial charge in [-0.25, -0.2) is 9.18 Å². The SMILES string of the molecule is CC=C(C(=O)O)N1CC(F)C1. The molecule has 0 atom stereocenters. The number of nitrogens with zero attached hydrogens (tertiary/aromatic N) is 1. The number of carboxylic acids is 1. The molecule has 0 radical (unpaired) electrons. The Morgan fingerprint density at radius 2 is 2.27 bits per heavy atom. The fourth-order valence-electron chi connectivity index (χ4n) is 1.06. The van der Waals surface area contributed by atoms with Crippen molar-refractivity contribution in [3.63, 3.8) is 0 Å². The van der Waals surface area contributed by atoms with Gasteiger partial charge in [0.05, 0.1) is 13.1 Å². The van der Waals surface area contributed by atoms with E-state index in [1.807, 2.05) is 0 Å². The van der Waals surface area contributed by atoms with Crippen LogP contribution in [0.4, 0.5) is 4.39 Å². The highest BCUT2D eigenvalue weighted by Crippen LogP contribution is 2.17. The fraction of sp³-hybridized carbons (Fsp3) is 0.571. The maximum Gasteiger partial charge on any atom is 0.351 e. The number of carbonyl (C=O) groups is 1. The molecular weight excluding hydrogens is 149 g/mol. The molecule has 1 aliphatic rings. The van der Waals surface area contributed by atoms with Gasteiger partial charge in [-0.2, -0.15) is 0 Å². The lowest BCUT2D eigenvalue weighted by Gasteiger charge is -2.36. The summed E-state index contributed by atoms with van der Waals surface area (Å²) in [6.07, 6.45) is 0.623. The predicted molar refractivity (Wildman–Crippen MR) is 37.9 cm³/mol. The second-order valence-corrected chi connectivity index (χ2v) is 2.48. The Morgan fingerprint density at radius 1 is 1.73 bits per heavy atom. The van der Waals surface area contributed by atoms with Crippen molar-refractivity contribution in [3.8, 4) is 0 Å². The molecular formula is C7H10FNO2. The van der Waals surface area contributed by atoms with E-state index in [2.05, 4.69) is 0 Å². The van der Waals surface area contributed by atoms with Crippen LogP contribution in [0.2, 0.25) is 0 Å². The van der Waals surface area contributed by atoms with Crippen molar-refractivity contribution in [1.82, 2.24) is 4.90 Å². The second-order valence-electron chi connectivity index (χ2n) is 2.48. The lowest BCUT2D eigenvalue weighted by molar-refractivity contribution is -0.135. The molecule has 1 rings (SSSR count). The normalized spacial score (nSPS) is 19.8. The zero-order valence-electron chi connectivity index (χ0n) is 6.25. The maximum atomic E-state index is 12.3. The van der Waals surface area contributed by atoms with Crippen LogP contribution in [0.25, 0.3) is 0 Å². The molecule has 3 nitrogen and oxygen atoms in total. The van der Waals surface area contributed by atoms with Crippen LogP contribution in [0.5, 0.6) is 0 Å². The molecule has 0 aromatic rings. The number of carboxylic acid groups (broad SMARTS) is 1. The van der Waals surface area contributed by atoms with Crippen molar-refractivity contribution in [2.75, 3.05) is 13.1 Å². The lowest BCUT2D eigenvalue weighted by atomic mass is 10.1. The highest BCUT2D eigenvalue weighted by Gasteiger charge is 2.30. The Labute approximate surface area is 64.1 Å². The molecule has 0 aliphatic carbocycles. The van der Waals surface area contributed by atoms with Crippen LogP contribution in [-0.2, 0) is 4.79 Å². The minimum atomic E-state index is -0.987. The van der Waals surface area contributed by atoms with Gasteiger partial charge in [0.25, 0.3) is 0 Å². The van der Waals surface area contributed by atoms with E-state index in [0.29, 0.717) is 0 Å². The Hall–Kier alpha value is -1.06. The molecule has 11 heavy (non-hydrogen) atoms. The van der Waals surface area contributed by atoms with Gasteiger partial charge in [0.2, 0.25) is 0 Å². The van der Waals surface area contributed by atoms with E-state index in [1.165, 1.54) is 11.0 Å². The third-order valence-corrected chi connectivity index (χ3v) is 1.67. The third kappa shape index (κ3) is 1.50. The van der Waals surface area contributed by atoms with Gasteiger partial charge in [0.15, 0.2) is 0 Å². The first-order valence-electron chi connectivity index (χ1n) is 3.43. The van der Waals surface area contributed by atoms with Gasteiger partial charge >= 0.3 is 5.97 Å². The maximum absolute atomic E-state index is 12.3. The molecule has 1 saturated heterocycles. The van der Waals surface area contributed by atoms with E-state index >= 15 is 0 Å². The van der Waals surface area contributed by atoms with Crippen LogP contribution in [0.1, 0.15) is 6.92 Å². The number of rotatable bonds is 2. The van der Waals surface area contributed by atoms with Gasteiger partial charge < -0.3 is 10.0 Å². The highest BCUT2D eigenvalue weighted by molar-refractivity contribution is 5.85. The number of alkyl halides is 1. The van der Waals surface area contributed by atoms with Crippen LogP contribution < -0.4 is 0 Å². The number of halogens is 1. The number of hydrogen-bond acceptors (Lipinski definition) is 2. The molecule has 4 heteroatoms. The molecule has 0 amide bonds. The molecule has 1 aliphatic heterocycles. The standard InChI is InChI=1S/C7H10FNO2/c1-2-6(7(10)11)9-3-5(8)4-9/h2,5H,3-4H2,1H3,(H,10,11). The summed E-state index contributed by atoms with van der Waals surface area (Å²) in [5.74, 6) is -0.987. The fourth-order valence-corrected chi connectivity index (χ4v) is 1.06. The quantitative estimate of drug-likeness (QED) is 0.601. The van der Waals surface area contributed by atoms with Gasteiger partial charge in [-0.3, -0.25) is 0 Å². The minimum Gasteiger partial charge on any atom is -0.477 e. The molecule has 62 valence electrons. The van der Waals surface area contributed by atoms with Gasteiger partial charge in [-0.05, 0) is 6.92 Å². The number of likely N-dealkylation sites (tertiary alicyclic amines) is 1. The van der Waals surface area contributed by atoms with Crippen molar-refractivity contribution < 1.29 is 14.3 Å². The molecule has 0 aromatic heterocycles. The van der Waals surface area contributed by atoms with Crippen LogP contribution in [0.15, 0.2) is 11.8 Å². The summed E-state index contributed by atoms with van der Waals surface area (Å²) in [6.45, 7) is 2.06. The first-order chi connectivity index (χ1) is 5.15.